The van der Waals surface area contributed by atoms with Crippen molar-refractivity contribution in [1.29, 1.82) is 0 Å². The van der Waals surface area contributed by atoms with Crippen LogP contribution >= 0.6 is 0 Å². The number of fused-ring (bicyclic) bond motifs is 1. The number of carbonyl (C=O) groups excluding carboxylic acids is 1. The Morgan fingerprint density at radius 1 is 1.00 bits per heavy atom. The molecule has 3 rings (SSSR count). The summed E-state index contributed by atoms with van der Waals surface area (Å²) in [4.78, 5) is 12.2. The van der Waals surface area contributed by atoms with E-state index < -0.39 is 0 Å². The Kier molecular flexibility index (Phi) is 5.74. The molecule has 0 aliphatic heterocycles. The number of urea groups is 1. The molecule has 0 spiro atoms. The third kappa shape index (κ3) is 4.33. The maximum Gasteiger partial charge on any atom is 0.315 e. The molecular formula is C22H24N2O2. The van der Waals surface area contributed by atoms with Crippen LogP contribution in [0.15, 0.2) is 66.7 Å². The van der Waals surface area contributed by atoms with Gasteiger partial charge in [-0.1, -0.05) is 54.6 Å². The summed E-state index contributed by atoms with van der Waals surface area (Å²) < 4.78 is 5.33. The second-order valence-corrected chi connectivity index (χ2v) is 6.29. The van der Waals surface area contributed by atoms with Gasteiger partial charge < -0.3 is 15.4 Å². The number of benzene rings is 3. The molecule has 2 amide bonds. The number of ether oxygens (including phenoxy) is 1. The summed E-state index contributed by atoms with van der Waals surface area (Å²) in [7, 11) is 1.66. The van der Waals surface area contributed by atoms with Gasteiger partial charge in [-0.2, -0.15) is 0 Å². The van der Waals surface area contributed by atoms with Crippen molar-refractivity contribution in [3.05, 3.63) is 77.9 Å². The van der Waals surface area contributed by atoms with Gasteiger partial charge in [-0.15, -0.1) is 0 Å². The lowest BCUT2D eigenvalue weighted by Gasteiger charge is -2.16. The van der Waals surface area contributed by atoms with Crippen LogP contribution in [0.2, 0.25) is 0 Å². The molecule has 0 heterocycles. The van der Waals surface area contributed by atoms with E-state index in [4.69, 9.17) is 4.74 Å². The topological polar surface area (TPSA) is 50.4 Å². The van der Waals surface area contributed by atoms with Crippen molar-refractivity contribution in [2.75, 3.05) is 13.7 Å². The lowest BCUT2D eigenvalue weighted by atomic mass is 10.0. The molecule has 1 unspecified atom stereocenters. The lowest BCUT2D eigenvalue weighted by Crippen LogP contribution is -2.38. The van der Waals surface area contributed by atoms with Gasteiger partial charge in [0.25, 0.3) is 0 Å². The van der Waals surface area contributed by atoms with Gasteiger partial charge in [0.2, 0.25) is 0 Å². The van der Waals surface area contributed by atoms with Gasteiger partial charge >= 0.3 is 6.03 Å². The van der Waals surface area contributed by atoms with E-state index in [1.807, 2.05) is 43.3 Å². The van der Waals surface area contributed by atoms with E-state index in [1.165, 1.54) is 10.8 Å². The molecule has 0 radical (unpaired) electrons. The number of methoxy groups -OCH3 is 1. The standard InChI is InChI=1S/C22H24N2O2/c1-16(19-12-11-17-7-3-4-9-20(17)15-19)24-22(25)23-14-13-18-8-5-6-10-21(18)26-2/h3-12,15-16H,13-14H2,1-2H3,(H2,23,24,25). The Hall–Kier alpha value is -3.01. The quantitative estimate of drug-likeness (QED) is 0.691. The molecule has 0 aliphatic rings. The van der Waals surface area contributed by atoms with Crippen LogP contribution in [-0.4, -0.2) is 19.7 Å². The molecule has 0 aromatic heterocycles. The Bertz CT molecular complexity index is 892. The van der Waals surface area contributed by atoms with Crippen molar-refractivity contribution in [2.45, 2.75) is 19.4 Å². The molecule has 0 fully saturated rings. The number of para-hydroxylation sites is 1. The molecular weight excluding hydrogens is 324 g/mol. The monoisotopic (exact) mass is 348 g/mol. The molecule has 3 aromatic rings. The molecule has 4 nitrogen and oxygen atoms in total. The fourth-order valence-electron chi connectivity index (χ4n) is 3.03. The van der Waals surface area contributed by atoms with E-state index in [-0.39, 0.29) is 12.1 Å². The second-order valence-electron chi connectivity index (χ2n) is 6.29. The predicted molar refractivity (Wildman–Crippen MR) is 106 cm³/mol. The van der Waals surface area contributed by atoms with Crippen LogP contribution in [0, 0.1) is 0 Å². The Morgan fingerprint density at radius 2 is 1.73 bits per heavy atom. The average Bonchev–Trinajstić information content (AvgIpc) is 2.68. The molecule has 2 N–H and O–H groups in total. The smallest absolute Gasteiger partial charge is 0.315 e. The van der Waals surface area contributed by atoms with Crippen LogP contribution in [0.1, 0.15) is 24.1 Å². The summed E-state index contributed by atoms with van der Waals surface area (Å²) in [6, 6.07) is 22.1. The maximum atomic E-state index is 12.2. The fraction of sp³-hybridized carbons (Fsp3) is 0.227. The first-order chi connectivity index (χ1) is 12.7. The molecule has 1 atom stereocenters. The summed E-state index contributed by atoms with van der Waals surface area (Å²) in [6.07, 6.45) is 0.724. The zero-order valence-corrected chi connectivity index (χ0v) is 15.2. The molecule has 3 aromatic carbocycles. The first-order valence-corrected chi connectivity index (χ1v) is 8.82. The minimum absolute atomic E-state index is 0.0640. The summed E-state index contributed by atoms with van der Waals surface area (Å²) in [5.74, 6) is 0.847. The molecule has 26 heavy (non-hydrogen) atoms. The third-order valence-corrected chi connectivity index (χ3v) is 4.49. The molecule has 4 heteroatoms. The number of amides is 2. The van der Waals surface area contributed by atoms with Crippen LogP contribution < -0.4 is 15.4 Å². The highest BCUT2D eigenvalue weighted by Gasteiger charge is 2.10. The van der Waals surface area contributed by atoms with E-state index in [9.17, 15) is 4.79 Å². The molecule has 134 valence electrons. The van der Waals surface area contributed by atoms with Gasteiger partial charge in [0.15, 0.2) is 0 Å². The summed E-state index contributed by atoms with van der Waals surface area (Å²) >= 11 is 0. The Labute approximate surface area is 154 Å². The number of hydrogen-bond acceptors (Lipinski definition) is 2. The normalized spacial score (nSPS) is 11.8. The van der Waals surface area contributed by atoms with Crippen molar-refractivity contribution in [1.82, 2.24) is 10.6 Å². The largest absolute Gasteiger partial charge is 0.496 e. The minimum Gasteiger partial charge on any atom is -0.496 e. The van der Waals surface area contributed by atoms with Gasteiger partial charge in [0.1, 0.15) is 5.75 Å². The molecule has 0 bridgehead atoms. The van der Waals surface area contributed by atoms with E-state index >= 15 is 0 Å². The molecule has 0 aliphatic carbocycles. The van der Waals surface area contributed by atoms with Gasteiger partial charge in [0.05, 0.1) is 13.2 Å². The van der Waals surface area contributed by atoms with E-state index in [2.05, 4.69) is 41.0 Å². The van der Waals surface area contributed by atoms with Crippen LogP contribution in [0.5, 0.6) is 5.75 Å². The van der Waals surface area contributed by atoms with Gasteiger partial charge in [0, 0.05) is 6.54 Å². The summed E-state index contributed by atoms with van der Waals surface area (Å²) in [6.45, 7) is 2.54. The Morgan fingerprint density at radius 3 is 2.54 bits per heavy atom. The second kappa shape index (κ2) is 8.39. The van der Waals surface area contributed by atoms with Gasteiger partial charge in [-0.25, -0.2) is 4.79 Å². The zero-order chi connectivity index (χ0) is 18.4. The van der Waals surface area contributed by atoms with E-state index in [0.717, 1.165) is 23.3 Å². The van der Waals surface area contributed by atoms with Crippen LogP contribution in [0.4, 0.5) is 4.79 Å². The van der Waals surface area contributed by atoms with Crippen molar-refractivity contribution in [3.8, 4) is 5.75 Å². The number of nitrogens with one attached hydrogen (secondary N) is 2. The molecule has 0 saturated heterocycles. The highest BCUT2D eigenvalue weighted by molar-refractivity contribution is 5.83. The zero-order valence-electron chi connectivity index (χ0n) is 15.2. The average molecular weight is 348 g/mol. The predicted octanol–water partition coefficient (Wildman–Crippen LogP) is 4.45. The molecule has 0 saturated carbocycles. The van der Waals surface area contributed by atoms with Crippen molar-refractivity contribution < 1.29 is 9.53 Å². The third-order valence-electron chi connectivity index (χ3n) is 4.49. The highest BCUT2D eigenvalue weighted by Crippen LogP contribution is 2.20. The van der Waals surface area contributed by atoms with Crippen LogP contribution in [0.25, 0.3) is 10.8 Å². The van der Waals surface area contributed by atoms with Crippen molar-refractivity contribution >= 4 is 16.8 Å². The lowest BCUT2D eigenvalue weighted by molar-refractivity contribution is 0.238. The van der Waals surface area contributed by atoms with E-state index in [0.29, 0.717) is 6.54 Å². The van der Waals surface area contributed by atoms with Crippen LogP contribution in [0.3, 0.4) is 0 Å². The van der Waals surface area contributed by atoms with E-state index in [1.54, 1.807) is 7.11 Å². The van der Waals surface area contributed by atoms with Gasteiger partial charge in [-0.3, -0.25) is 0 Å². The number of carbonyl (C=O) groups is 1. The maximum absolute atomic E-state index is 12.2. The van der Waals surface area contributed by atoms with Crippen LogP contribution in [-0.2, 0) is 6.42 Å². The number of rotatable bonds is 6. The minimum atomic E-state index is -0.166. The Balaban J connectivity index is 1.53. The summed E-state index contributed by atoms with van der Waals surface area (Å²) in [5, 5.41) is 8.28. The fourth-order valence-corrected chi connectivity index (χ4v) is 3.03. The van der Waals surface area contributed by atoms with Crippen molar-refractivity contribution in [3.63, 3.8) is 0 Å². The first kappa shape index (κ1) is 17.8. The number of hydrogen-bond donors (Lipinski definition) is 2. The van der Waals surface area contributed by atoms with Crippen molar-refractivity contribution in [2.24, 2.45) is 0 Å². The van der Waals surface area contributed by atoms with Gasteiger partial charge in [-0.05, 0) is 47.4 Å². The first-order valence-electron chi connectivity index (χ1n) is 8.82. The SMILES string of the molecule is COc1ccccc1CCNC(=O)NC(C)c1ccc2ccccc2c1. The summed E-state index contributed by atoms with van der Waals surface area (Å²) in [5.41, 5.74) is 2.17. The highest BCUT2D eigenvalue weighted by atomic mass is 16.5.